The lowest BCUT2D eigenvalue weighted by atomic mass is 10.2. The third kappa shape index (κ3) is 20.3. The third-order valence-corrected chi connectivity index (χ3v) is 11.3. The van der Waals surface area contributed by atoms with Gasteiger partial charge in [-0.25, -0.2) is 38.4 Å². The molecule has 0 unspecified atom stereocenters. The molecule has 0 fully saturated rings. The van der Waals surface area contributed by atoms with Crippen molar-refractivity contribution in [2.24, 2.45) is 0 Å². The van der Waals surface area contributed by atoms with Gasteiger partial charge in [-0.2, -0.15) is 0 Å². The molecule has 0 spiro atoms. The Morgan fingerprint density at radius 3 is 0.738 bits per heavy atom. The highest BCUT2D eigenvalue weighted by atomic mass is 16.6. The number of hydrogen-bond acceptors (Lipinski definition) is 18. The first-order valence-electron chi connectivity index (χ1n) is 25.5. The van der Waals surface area contributed by atoms with E-state index in [1.807, 2.05) is 0 Å². The molecule has 6 aromatic carbocycles. The highest BCUT2D eigenvalue weighted by Crippen LogP contribution is 2.22. The predicted molar refractivity (Wildman–Crippen MR) is 289 cm³/mol. The molecule has 18 heteroatoms. The van der Waals surface area contributed by atoms with E-state index in [-0.39, 0.29) is 71.7 Å². The zero-order valence-corrected chi connectivity index (χ0v) is 43.7. The maximum Gasteiger partial charge on any atom is 0.343 e. The maximum atomic E-state index is 12.8. The lowest BCUT2D eigenvalue weighted by molar-refractivity contribution is -0.138. The molecule has 0 aliphatic rings. The van der Waals surface area contributed by atoms with Crippen molar-refractivity contribution in [2.75, 3.05) is 39.6 Å². The second kappa shape index (κ2) is 32.0. The summed E-state index contributed by atoms with van der Waals surface area (Å²) in [7, 11) is 0. The quantitative estimate of drug-likeness (QED) is 0.0130. The van der Waals surface area contributed by atoms with Gasteiger partial charge in [0.25, 0.3) is 0 Å². The van der Waals surface area contributed by atoms with Crippen LogP contribution in [0.5, 0.6) is 34.5 Å². The fourth-order valence-electron chi connectivity index (χ4n) is 6.98. The van der Waals surface area contributed by atoms with Crippen molar-refractivity contribution >= 4 is 47.8 Å². The standard InChI is InChI=1S/C62H58O18/c1-3-55(63)73-39-11-9-37-71-49-25-13-45(14-26-49)59(67)79-53-33-21-47(22-34-53)61(69)77-51-29-17-43(18-30-51)57(65)75-41-7-5-6-8-42-76-58(66)44-19-31-52(32-20-44)78-62(70)48-23-35-54(36-24-48)80-60(68)46-15-27-50(28-16-46)72-38-10-12-40-74-56(64)4-2/h3-4,13-36H,1-2,5-12,37-42H2. The van der Waals surface area contributed by atoms with Crippen molar-refractivity contribution < 1.29 is 85.7 Å². The third-order valence-electron chi connectivity index (χ3n) is 11.3. The lowest BCUT2D eigenvalue weighted by Crippen LogP contribution is -2.11. The van der Waals surface area contributed by atoms with Crippen LogP contribution in [0.25, 0.3) is 0 Å². The van der Waals surface area contributed by atoms with Gasteiger partial charge < -0.3 is 47.4 Å². The summed E-state index contributed by atoms with van der Waals surface area (Å²) in [4.78, 5) is 98.4. The number of benzene rings is 6. The minimum atomic E-state index is -0.661. The highest BCUT2D eigenvalue weighted by Gasteiger charge is 2.16. The van der Waals surface area contributed by atoms with Crippen LogP contribution in [0.4, 0.5) is 0 Å². The average Bonchev–Trinajstić information content (AvgIpc) is 3.48. The van der Waals surface area contributed by atoms with Crippen molar-refractivity contribution in [2.45, 2.75) is 51.4 Å². The monoisotopic (exact) mass is 1090 g/mol. The van der Waals surface area contributed by atoms with Gasteiger partial charge in [0.15, 0.2) is 0 Å². The van der Waals surface area contributed by atoms with E-state index in [1.165, 1.54) is 97.1 Å². The van der Waals surface area contributed by atoms with E-state index < -0.39 is 47.8 Å². The molecule has 0 radical (unpaired) electrons. The fraction of sp³-hybridized carbons (Fsp3) is 0.226. The Labute approximate surface area is 461 Å². The first-order chi connectivity index (χ1) is 38.9. The molecule has 0 aliphatic carbocycles. The number of unbranched alkanes of at least 4 members (excludes halogenated alkanes) is 5. The number of hydrogen-bond donors (Lipinski definition) is 0. The summed E-state index contributed by atoms with van der Waals surface area (Å²) < 4.78 is 53.7. The van der Waals surface area contributed by atoms with Crippen molar-refractivity contribution in [3.05, 3.63) is 204 Å². The van der Waals surface area contributed by atoms with Gasteiger partial charge in [-0.3, -0.25) is 0 Å². The molecular formula is C62H58O18. The molecular weight excluding hydrogens is 1030 g/mol. The number of carbonyl (C=O) groups excluding carboxylic acids is 8. The first kappa shape index (κ1) is 59.4. The largest absolute Gasteiger partial charge is 0.494 e. The zero-order chi connectivity index (χ0) is 56.9. The molecule has 414 valence electrons. The number of rotatable bonds is 31. The van der Waals surface area contributed by atoms with Crippen LogP contribution in [0, 0.1) is 0 Å². The first-order valence-corrected chi connectivity index (χ1v) is 25.5. The average molecular weight is 1090 g/mol. The number of carbonyl (C=O) groups is 8. The molecule has 0 saturated carbocycles. The smallest absolute Gasteiger partial charge is 0.343 e. The molecule has 0 N–H and O–H groups in total. The van der Waals surface area contributed by atoms with E-state index in [9.17, 15) is 38.4 Å². The van der Waals surface area contributed by atoms with Gasteiger partial charge in [0.2, 0.25) is 0 Å². The molecule has 0 heterocycles. The minimum Gasteiger partial charge on any atom is -0.494 e. The van der Waals surface area contributed by atoms with Gasteiger partial charge in [-0.05, 0) is 197 Å². The normalized spacial score (nSPS) is 10.4. The molecule has 0 atom stereocenters. The summed E-state index contributed by atoms with van der Waals surface area (Å²) in [6.45, 7) is 8.40. The van der Waals surface area contributed by atoms with Crippen LogP contribution < -0.4 is 28.4 Å². The fourth-order valence-corrected chi connectivity index (χ4v) is 6.98. The Kier molecular flexibility index (Phi) is 23.8. The van der Waals surface area contributed by atoms with Gasteiger partial charge in [0.05, 0.1) is 73.0 Å². The molecule has 80 heavy (non-hydrogen) atoms. The Morgan fingerprint density at radius 1 is 0.263 bits per heavy atom. The predicted octanol–water partition coefficient (Wildman–Crippen LogP) is 10.9. The van der Waals surface area contributed by atoms with E-state index in [0.29, 0.717) is 74.4 Å². The van der Waals surface area contributed by atoms with Crippen LogP contribution in [0.2, 0.25) is 0 Å². The molecule has 0 aromatic heterocycles. The highest BCUT2D eigenvalue weighted by molar-refractivity contribution is 5.95. The van der Waals surface area contributed by atoms with E-state index in [1.54, 1.807) is 48.5 Å². The van der Waals surface area contributed by atoms with Gasteiger partial charge in [0, 0.05) is 12.2 Å². The topological polar surface area (TPSA) is 229 Å². The zero-order valence-electron chi connectivity index (χ0n) is 43.7. The Hall–Kier alpha value is -9.84. The van der Waals surface area contributed by atoms with E-state index in [2.05, 4.69) is 13.2 Å². The van der Waals surface area contributed by atoms with Crippen LogP contribution in [-0.2, 0) is 28.5 Å². The van der Waals surface area contributed by atoms with E-state index in [0.717, 1.165) is 25.0 Å². The molecule has 6 rings (SSSR count). The van der Waals surface area contributed by atoms with Crippen LogP contribution >= 0.6 is 0 Å². The van der Waals surface area contributed by atoms with Gasteiger partial charge in [-0.15, -0.1) is 0 Å². The van der Waals surface area contributed by atoms with Crippen LogP contribution in [0.15, 0.2) is 171 Å². The SMILES string of the molecule is C=CC(=O)OCCCCOc1ccc(C(=O)Oc2ccc(C(=O)Oc3ccc(C(=O)OCCCCCCOC(=O)c4ccc(OC(=O)c5ccc(OC(=O)c6ccc(OCCCCOC(=O)C=C)cc6)cc5)cc4)cc3)cc2)cc1. The van der Waals surface area contributed by atoms with Crippen molar-refractivity contribution in [1.82, 2.24) is 0 Å². The summed E-state index contributed by atoms with van der Waals surface area (Å²) in [5, 5.41) is 0. The molecule has 0 aliphatic heterocycles. The summed E-state index contributed by atoms with van der Waals surface area (Å²) in [6.07, 6.45) is 7.42. The summed E-state index contributed by atoms with van der Waals surface area (Å²) in [6, 6.07) is 36.4. The summed E-state index contributed by atoms with van der Waals surface area (Å²) >= 11 is 0. The Balaban J connectivity index is 0.792. The van der Waals surface area contributed by atoms with Crippen LogP contribution in [0.3, 0.4) is 0 Å². The van der Waals surface area contributed by atoms with Crippen molar-refractivity contribution in [3.63, 3.8) is 0 Å². The second-order valence-corrected chi connectivity index (χ2v) is 17.2. The maximum absolute atomic E-state index is 12.8. The van der Waals surface area contributed by atoms with E-state index in [4.69, 9.17) is 47.4 Å². The molecule has 18 nitrogen and oxygen atoms in total. The van der Waals surface area contributed by atoms with Crippen molar-refractivity contribution in [3.8, 4) is 34.5 Å². The number of ether oxygens (including phenoxy) is 10. The molecule has 6 aromatic rings. The van der Waals surface area contributed by atoms with Gasteiger partial charge in [0.1, 0.15) is 34.5 Å². The summed E-state index contributed by atoms with van der Waals surface area (Å²) in [5.74, 6) is -2.57. The summed E-state index contributed by atoms with van der Waals surface area (Å²) in [5.41, 5.74) is 1.54. The lowest BCUT2D eigenvalue weighted by Gasteiger charge is -2.09. The van der Waals surface area contributed by atoms with Crippen molar-refractivity contribution in [1.29, 1.82) is 0 Å². The number of esters is 8. The Morgan fingerprint density at radius 2 is 0.475 bits per heavy atom. The molecule has 0 saturated heterocycles. The molecule has 0 amide bonds. The van der Waals surface area contributed by atoms with E-state index >= 15 is 0 Å². The molecule has 0 bridgehead atoms. The van der Waals surface area contributed by atoms with Gasteiger partial charge >= 0.3 is 47.8 Å². The van der Waals surface area contributed by atoms with Gasteiger partial charge in [-0.1, -0.05) is 13.2 Å². The Bertz CT molecular complexity index is 2830. The second-order valence-electron chi connectivity index (χ2n) is 17.2. The minimum absolute atomic E-state index is 0.177. The van der Waals surface area contributed by atoms with Crippen LogP contribution in [-0.4, -0.2) is 87.4 Å². The van der Waals surface area contributed by atoms with Crippen LogP contribution in [0.1, 0.15) is 114 Å².